The largest absolute Gasteiger partial charge is 0.400 e. The number of benzene rings is 1. The molecular formula is C26H26F3N5O2. The highest BCUT2D eigenvalue weighted by molar-refractivity contribution is 6.03. The molecule has 3 aromatic rings. The first-order valence-electron chi connectivity index (χ1n) is 11.6. The molecule has 3 heterocycles. The summed E-state index contributed by atoms with van der Waals surface area (Å²) >= 11 is 0. The van der Waals surface area contributed by atoms with Gasteiger partial charge < -0.3 is 15.2 Å². The molecule has 0 saturated carbocycles. The van der Waals surface area contributed by atoms with Crippen LogP contribution in [0, 0.1) is 24.2 Å². The summed E-state index contributed by atoms with van der Waals surface area (Å²) in [5.41, 5.74) is 9.69. The third-order valence-electron chi connectivity index (χ3n) is 7.10. The van der Waals surface area contributed by atoms with Crippen LogP contribution < -0.4 is 5.73 Å². The highest BCUT2D eigenvalue weighted by Gasteiger charge is 2.43. The number of aromatic nitrogens is 2. The van der Waals surface area contributed by atoms with Crippen LogP contribution in [-0.4, -0.2) is 45.5 Å². The van der Waals surface area contributed by atoms with Crippen LogP contribution in [0.25, 0.3) is 22.2 Å². The van der Waals surface area contributed by atoms with E-state index in [1.165, 1.54) is 4.90 Å². The molecule has 36 heavy (non-hydrogen) atoms. The zero-order chi connectivity index (χ0) is 26.4. The lowest BCUT2D eigenvalue weighted by molar-refractivity contribution is -0.186. The van der Waals surface area contributed by atoms with Crippen LogP contribution in [0.3, 0.4) is 0 Å². The van der Waals surface area contributed by atoms with Gasteiger partial charge in [-0.05, 0) is 55.9 Å². The van der Waals surface area contributed by atoms with Gasteiger partial charge in [-0.25, -0.2) is 4.98 Å². The maximum Gasteiger partial charge on any atom is 0.400 e. The van der Waals surface area contributed by atoms with Crippen LogP contribution in [-0.2, 0) is 11.8 Å². The molecule has 0 bridgehead atoms. The van der Waals surface area contributed by atoms with Gasteiger partial charge in [0, 0.05) is 54.6 Å². The number of carbonyl (C=O) groups is 2. The van der Waals surface area contributed by atoms with Gasteiger partial charge in [0.25, 0.3) is 0 Å². The quantitative estimate of drug-likeness (QED) is 0.576. The third kappa shape index (κ3) is 4.30. The van der Waals surface area contributed by atoms with E-state index in [1.54, 1.807) is 24.4 Å². The van der Waals surface area contributed by atoms with Crippen LogP contribution in [0.1, 0.15) is 52.7 Å². The minimum absolute atomic E-state index is 0.0107. The van der Waals surface area contributed by atoms with E-state index in [9.17, 15) is 28.0 Å². The Morgan fingerprint density at radius 3 is 2.50 bits per heavy atom. The lowest BCUT2D eigenvalue weighted by Crippen LogP contribution is -2.44. The summed E-state index contributed by atoms with van der Waals surface area (Å²) < 4.78 is 41.0. The number of hydrogen-bond donors (Lipinski definition) is 1. The zero-order valence-electron chi connectivity index (χ0n) is 20.2. The topological polar surface area (TPSA) is 105 Å². The van der Waals surface area contributed by atoms with E-state index in [1.807, 2.05) is 24.7 Å². The molecule has 1 aromatic carbocycles. The minimum Gasteiger partial charge on any atom is -0.366 e. The number of amides is 2. The summed E-state index contributed by atoms with van der Waals surface area (Å²) in [5.74, 6) is -3.57. The zero-order valence-corrected chi connectivity index (χ0v) is 20.2. The highest BCUT2D eigenvalue weighted by Crippen LogP contribution is 2.40. The number of piperidine rings is 1. The van der Waals surface area contributed by atoms with Crippen LogP contribution in [0.15, 0.2) is 30.6 Å². The van der Waals surface area contributed by atoms with Crippen molar-refractivity contribution in [3.8, 4) is 17.2 Å². The number of nitriles is 1. The van der Waals surface area contributed by atoms with E-state index in [4.69, 9.17) is 5.73 Å². The first-order valence-corrected chi connectivity index (χ1v) is 11.6. The Morgan fingerprint density at radius 2 is 1.92 bits per heavy atom. The van der Waals surface area contributed by atoms with Crippen LogP contribution in [0.4, 0.5) is 13.2 Å². The van der Waals surface area contributed by atoms with Crippen LogP contribution >= 0.6 is 0 Å². The number of fused-ring (bicyclic) bond motifs is 1. The Balaban J connectivity index is 1.73. The number of primary amides is 1. The lowest BCUT2D eigenvalue weighted by atomic mass is 9.86. The number of halogens is 3. The summed E-state index contributed by atoms with van der Waals surface area (Å²) in [7, 11) is 1.86. The van der Waals surface area contributed by atoms with Crippen molar-refractivity contribution in [2.24, 2.45) is 18.7 Å². The maximum atomic E-state index is 13.0. The van der Waals surface area contributed by atoms with Crippen molar-refractivity contribution < 1.29 is 22.8 Å². The van der Waals surface area contributed by atoms with Crippen molar-refractivity contribution in [3.63, 3.8) is 0 Å². The number of hydrogen-bond acceptors (Lipinski definition) is 4. The SMILES string of the molecule is Cc1c(-c2c(C#N)cccc2C(N)=O)cnc2c1c(C1CCN(C(=O)C(C)C(F)(F)F)CC1)cn2C. The molecule has 188 valence electrons. The van der Waals surface area contributed by atoms with Crippen molar-refractivity contribution in [3.05, 3.63) is 52.8 Å². The first kappa shape index (κ1) is 25.2. The van der Waals surface area contributed by atoms with Gasteiger partial charge in [0.2, 0.25) is 11.8 Å². The van der Waals surface area contributed by atoms with Gasteiger partial charge in [-0.3, -0.25) is 9.59 Å². The van der Waals surface area contributed by atoms with E-state index >= 15 is 0 Å². The summed E-state index contributed by atoms with van der Waals surface area (Å²) in [6.07, 6.45) is 0.0526. The summed E-state index contributed by atoms with van der Waals surface area (Å²) in [5, 5.41) is 10.5. The molecular weight excluding hydrogens is 471 g/mol. The molecule has 2 amide bonds. The Hall–Kier alpha value is -3.87. The average molecular weight is 498 g/mol. The molecule has 2 aromatic heterocycles. The molecule has 1 unspecified atom stereocenters. The second-order valence-electron chi connectivity index (χ2n) is 9.26. The summed E-state index contributed by atoms with van der Waals surface area (Å²) in [4.78, 5) is 30.4. The van der Waals surface area contributed by atoms with Gasteiger partial charge in [-0.2, -0.15) is 18.4 Å². The van der Waals surface area contributed by atoms with E-state index < -0.39 is 23.9 Å². The molecule has 1 fully saturated rings. The van der Waals surface area contributed by atoms with Crippen molar-refractivity contribution in [1.29, 1.82) is 5.26 Å². The predicted octanol–water partition coefficient (Wildman–Crippen LogP) is 4.42. The molecule has 0 radical (unpaired) electrons. The molecule has 0 aliphatic carbocycles. The smallest absolute Gasteiger partial charge is 0.366 e. The van der Waals surface area contributed by atoms with Crippen molar-refractivity contribution >= 4 is 22.8 Å². The average Bonchev–Trinajstić information content (AvgIpc) is 3.19. The molecule has 2 N–H and O–H groups in total. The Bertz CT molecular complexity index is 1400. The highest BCUT2D eigenvalue weighted by atomic mass is 19.4. The number of pyridine rings is 1. The van der Waals surface area contributed by atoms with Crippen molar-refractivity contribution in [1.82, 2.24) is 14.5 Å². The fourth-order valence-corrected chi connectivity index (χ4v) is 5.06. The molecule has 4 rings (SSSR count). The number of nitrogens with zero attached hydrogens (tertiary/aromatic N) is 4. The second-order valence-corrected chi connectivity index (χ2v) is 9.26. The fraction of sp³-hybridized carbons (Fsp3) is 0.385. The van der Waals surface area contributed by atoms with Gasteiger partial charge in [-0.15, -0.1) is 0 Å². The summed E-state index contributed by atoms with van der Waals surface area (Å²) in [6, 6.07) is 6.92. The van der Waals surface area contributed by atoms with Gasteiger partial charge in [-0.1, -0.05) is 6.07 Å². The molecule has 1 aliphatic heterocycles. The van der Waals surface area contributed by atoms with Gasteiger partial charge in [0.15, 0.2) is 0 Å². The molecule has 1 atom stereocenters. The predicted molar refractivity (Wildman–Crippen MR) is 128 cm³/mol. The van der Waals surface area contributed by atoms with E-state index in [2.05, 4.69) is 11.1 Å². The van der Waals surface area contributed by atoms with Crippen molar-refractivity contribution in [2.75, 3.05) is 13.1 Å². The Kier molecular flexibility index (Phi) is 6.52. The van der Waals surface area contributed by atoms with Crippen molar-refractivity contribution in [2.45, 2.75) is 38.8 Å². The van der Waals surface area contributed by atoms with Gasteiger partial charge in [0.05, 0.1) is 11.6 Å². The molecule has 1 aliphatic rings. The number of nitrogens with two attached hydrogens (primary N) is 1. The van der Waals surface area contributed by atoms with Crippen LogP contribution in [0.5, 0.6) is 0 Å². The van der Waals surface area contributed by atoms with Gasteiger partial charge >= 0.3 is 6.18 Å². The normalized spacial score (nSPS) is 15.6. The molecule has 0 spiro atoms. The molecule has 10 heteroatoms. The standard InChI is InChI=1S/C26H26F3N5O2/c1-14-19(22-17(11-30)5-4-6-18(22)23(31)35)12-32-24-21(14)20(13-33(24)3)16-7-9-34(10-8-16)25(36)15(2)26(27,28)29/h4-6,12-13,15-16H,7-10H2,1-3H3,(H2,31,35). The second kappa shape index (κ2) is 9.30. The van der Waals surface area contributed by atoms with E-state index in [-0.39, 0.29) is 24.6 Å². The number of carbonyl (C=O) groups excluding carboxylic acids is 2. The first-order chi connectivity index (χ1) is 17.0. The summed E-state index contributed by atoms with van der Waals surface area (Å²) in [6.45, 7) is 3.26. The number of rotatable bonds is 4. The number of alkyl halides is 3. The number of aryl methyl sites for hydroxylation is 2. The number of likely N-dealkylation sites (tertiary alicyclic amines) is 1. The minimum atomic E-state index is -4.56. The van der Waals surface area contributed by atoms with Crippen LogP contribution in [0.2, 0.25) is 0 Å². The van der Waals surface area contributed by atoms with Gasteiger partial charge in [0.1, 0.15) is 11.6 Å². The molecule has 7 nitrogen and oxygen atoms in total. The van der Waals surface area contributed by atoms with E-state index in [0.717, 1.165) is 23.4 Å². The Morgan fingerprint density at radius 1 is 1.25 bits per heavy atom. The lowest BCUT2D eigenvalue weighted by Gasteiger charge is -2.34. The fourth-order valence-electron chi connectivity index (χ4n) is 5.06. The monoisotopic (exact) mass is 497 g/mol. The Labute approximate surface area is 206 Å². The molecule has 1 saturated heterocycles. The maximum absolute atomic E-state index is 13.0. The van der Waals surface area contributed by atoms with E-state index in [0.29, 0.717) is 35.2 Å². The third-order valence-corrected chi connectivity index (χ3v) is 7.10.